The Morgan fingerprint density at radius 1 is 1.06 bits per heavy atom. The molecule has 0 aliphatic carbocycles. The van der Waals surface area contributed by atoms with Crippen LogP contribution in [0.15, 0.2) is 36.4 Å². The molecule has 0 fully saturated rings. The van der Waals surface area contributed by atoms with Crippen molar-refractivity contribution < 1.29 is 13.5 Å². The molecule has 2 aromatic rings. The lowest BCUT2D eigenvalue weighted by atomic mass is 10.2. The van der Waals surface area contributed by atoms with Gasteiger partial charge in [-0.15, -0.1) is 0 Å². The second-order valence-electron chi connectivity index (χ2n) is 3.72. The zero-order valence-electron chi connectivity index (χ0n) is 9.29. The Morgan fingerprint density at radius 3 is 2.50 bits per heavy atom. The molecule has 18 heavy (non-hydrogen) atoms. The molecule has 0 atom stereocenters. The van der Waals surface area contributed by atoms with Crippen molar-refractivity contribution in [3.8, 4) is 5.75 Å². The minimum absolute atomic E-state index is 0.122. The van der Waals surface area contributed by atoms with Crippen LogP contribution < -0.4 is 10.5 Å². The Kier molecular flexibility index (Phi) is 3.67. The number of hydrogen-bond acceptors (Lipinski definition) is 2. The summed E-state index contributed by atoms with van der Waals surface area (Å²) < 4.78 is 31.1. The number of rotatable bonds is 3. The Bertz CT molecular complexity index is 523. The van der Waals surface area contributed by atoms with Crippen LogP contribution in [-0.4, -0.2) is 0 Å². The molecule has 0 heterocycles. The fraction of sp³-hybridized carbons (Fsp3) is 0.0769. The van der Waals surface area contributed by atoms with Gasteiger partial charge in [0.15, 0.2) is 11.6 Å². The Hall–Kier alpha value is -1.81. The molecule has 0 saturated carbocycles. The van der Waals surface area contributed by atoms with E-state index in [1.54, 1.807) is 18.2 Å². The number of anilines is 1. The number of halogens is 3. The second kappa shape index (κ2) is 5.23. The van der Waals surface area contributed by atoms with Gasteiger partial charge in [-0.05, 0) is 29.8 Å². The van der Waals surface area contributed by atoms with Gasteiger partial charge in [0.25, 0.3) is 0 Å². The molecule has 0 aliphatic rings. The first-order valence-corrected chi connectivity index (χ1v) is 5.56. The lowest BCUT2D eigenvalue weighted by Gasteiger charge is -2.07. The summed E-state index contributed by atoms with van der Waals surface area (Å²) in [4.78, 5) is 0. The highest BCUT2D eigenvalue weighted by atomic mass is 35.5. The van der Waals surface area contributed by atoms with Gasteiger partial charge in [0.2, 0.25) is 0 Å². The Balaban J connectivity index is 2.06. The fourth-order valence-electron chi connectivity index (χ4n) is 1.39. The van der Waals surface area contributed by atoms with Crippen molar-refractivity contribution in [1.82, 2.24) is 0 Å². The maximum absolute atomic E-state index is 13.0. The smallest absolute Gasteiger partial charge is 0.159 e. The first-order chi connectivity index (χ1) is 8.56. The molecule has 2 rings (SSSR count). The zero-order chi connectivity index (χ0) is 13.1. The van der Waals surface area contributed by atoms with Crippen LogP contribution >= 0.6 is 11.6 Å². The lowest BCUT2D eigenvalue weighted by Crippen LogP contribution is -1.97. The lowest BCUT2D eigenvalue weighted by molar-refractivity contribution is 0.305. The van der Waals surface area contributed by atoms with Crippen molar-refractivity contribution in [1.29, 1.82) is 0 Å². The van der Waals surface area contributed by atoms with Gasteiger partial charge in [-0.3, -0.25) is 0 Å². The molecule has 0 spiro atoms. The Labute approximate surface area is 108 Å². The molecule has 2 nitrogen and oxygen atoms in total. The molecular weight excluding hydrogens is 260 g/mol. The van der Waals surface area contributed by atoms with Gasteiger partial charge in [0.1, 0.15) is 12.4 Å². The summed E-state index contributed by atoms with van der Waals surface area (Å²) >= 11 is 5.83. The average Bonchev–Trinajstić information content (AvgIpc) is 2.35. The molecule has 0 bridgehead atoms. The highest BCUT2D eigenvalue weighted by Gasteiger charge is 2.04. The number of benzene rings is 2. The van der Waals surface area contributed by atoms with Gasteiger partial charge in [0, 0.05) is 6.07 Å². The van der Waals surface area contributed by atoms with Crippen LogP contribution in [0.2, 0.25) is 5.02 Å². The first-order valence-electron chi connectivity index (χ1n) is 5.18. The minimum Gasteiger partial charge on any atom is -0.489 e. The predicted molar refractivity (Wildman–Crippen MR) is 66.6 cm³/mol. The van der Waals surface area contributed by atoms with Crippen molar-refractivity contribution in [2.45, 2.75) is 6.61 Å². The van der Waals surface area contributed by atoms with E-state index in [1.807, 2.05) is 0 Å². The Morgan fingerprint density at radius 2 is 1.83 bits per heavy atom. The maximum atomic E-state index is 13.0. The molecule has 0 radical (unpaired) electrons. The van der Waals surface area contributed by atoms with E-state index in [9.17, 15) is 8.78 Å². The third kappa shape index (κ3) is 2.90. The quantitative estimate of drug-likeness (QED) is 0.861. The SMILES string of the molecule is Nc1ccc(OCc2ccc(F)c(F)c2)cc1Cl. The summed E-state index contributed by atoms with van der Waals surface area (Å²) in [6.45, 7) is 0.122. The van der Waals surface area contributed by atoms with Gasteiger partial charge in [-0.2, -0.15) is 0 Å². The molecule has 0 saturated heterocycles. The summed E-state index contributed by atoms with van der Waals surface area (Å²) in [5, 5.41) is 0.387. The van der Waals surface area contributed by atoms with Crippen molar-refractivity contribution in [2.24, 2.45) is 0 Å². The zero-order valence-corrected chi connectivity index (χ0v) is 10.0. The average molecular weight is 270 g/mol. The van der Waals surface area contributed by atoms with E-state index in [0.717, 1.165) is 12.1 Å². The molecule has 2 N–H and O–H groups in total. The summed E-state index contributed by atoms with van der Waals surface area (Å²) in [6, 6.07) is 8.44. The van der Waals surface area contributed by atoms with Crippen molar-refractivity contribution in [3.05, 3.63) is 58.6 Å². The van der Waals surface area contributed by atoms with Crippen molar-refractivity contribution >= 4 is 17.3 Å². The van der Waals surface area contributed by atoms with E-state index in [1.165, 1.54) is 6.07 Å². The van der Waals surface area contributed by atoms with E-state index in [4.69, 9.17) is 22.1 Å². The monoisotopic (exact) mass is 269 g/mol. The van der Waals surface area contributed by atoms with E-state index in [2.05, 4.69) is 0 Å². The molecule has 94 valence electrons. The van der Waals surface area contributed by atoms with E-state index >= 15 is 0 Å². The number of nitrogens with two attached hydrogens (primary N) is 1. The fourth-order valence-corrected chi connectivity index (χ4v) is 1.56. The molecule has 0 unspecified atom stereocenters. The molecule has 0 aliphatic heterocycles. The van der Waals surface area contributed by atoms with Gasteiger partial charge in [-0.25, -0.2) is 8.78 Å². The van der Waals surface area contributed by atoms with E-state index in [-0.39, 0.29) is 6.61 Å². The molecule has 0 aromatic heterocycles. The van der Waals surface area contributed by atoms with Gasteiger partial charge in [0.05, 0.1) is 10.7 Å². The second-order valence-corrected chi connectivity index (χ2v) is 4.13. The highest BCUT2D eigenvalue weighted by Crippen LogP contribution is 2.24. The van der Waals surface area contributed by atoms with E-state index < -0.39 is 11.6 Å². The summed E-state index contributed by atoms with van der Waals surface area (Å²) in [5.41, 5.74) is 6.54. The van der Waals surface area contributed by atoms with Crippen LogP contribution in [0.3, 0.4) is 0 Å². The third-order valence-corrected chi connectivity index (χ3v) is 2.69. The molecule has 2 aromatic carbocycles. The molecule has 5 heteroatoms. The van der Waals surface area contributed by atoms with Gasteiger partial charge in [-0.1, -0.05) is 17.7 Å². The minimum atomic E-state index is -0.897. The van der Waals surface area contributed by atoms with Crippen LogP contribution in [0.25, 0.3) is 0 Å². The predicted octanol–water partition coefficient (Wildman–Crippen LogP) is 3.78. The maximum Gasteiger partial charge on any atom is 0.159 e. The van der Waals surface area contributed by atoms with Crippen LogP contribution in [0, 0.1) is 11.6 Å². The van der Waals surface area contributed by atoms with Crippen LogP contribution in [0.5, 0.6) is 5.75 Å². The number of hydrogen-bond donors (Lipinski definition) is 1. The van der Waals surface area contributed by atoms with Crippen LogP contribution in [0.4, 0.5) is 14.5 Å². The standard InChI is InChI=1S/C13H10ClF2NO/c14-10-6-9(2-4-13(10)17)18-7-8-1-3-11(15)12(16)5-8/h1-6H,7,17H2. The number of nitrogen functional groups attached to an aromatic ring is 1. The summed E-state index contributed by atoms with van der Waals surface area (Å²) in [7, 11) is 0. The first kappa shape index (κ1) is 12.6. The van der Waals surface area contributed by atoms with E-state index in [0.29, 0.717) is 22.0 Å². The molecule has 0 amide bonds. The van der Waals surface area contributed by atoms with Gasteiger partial charge < -0.3 is 10.5 Å². The highest BCUT2D eigenvalue weighted by molar-refractivity contribution is 6.33. The number of ether oxygens (including phenoxy) is 1. The van der Waals surface area contributed by atoms with Crippen molar-refractivity contribution in [2.75, 3.05) is 5.73 Å². The summed E-state index contributed by atoms with van der Waals surface area (Å²) in [6.07, 6.45) is 0. The normalized spacial score (nSPS) is 10.4. The van der Waals surface area contributed by atoms with Gasteiger partial charge >= 0.3 is 0 Å². The summed E-state index contributed by atoms with van der Waals surface area (Å²) in [5.74, 6) is -1.26. The third-order valence-electron chi connectivity index (χ3n) is 2.36. The van der Waals surface area contributed by atoms with Crippen LogP contribution in [0.1, 0.15) is 5.56 Å². The van der Waals surface area contributed by atoms with Crippen LogP contribution in [-0.2, 0) is 6.61 Å². The van der Waals surface area contributed by atoms with Crippen molar-refractivity contribution in [3.63, 3.8) is 0 Å². The largest absolute Gasteiger partial charge is 0.489 e. The topological polar surface area (TPSA) is 35.2 Å². The molecular formula is C13H10ClF2NO.